The zero-order valence-electron chi connectivity index (χ0n) is 12.6. The van der Waals surface area contributed by atoms with Gasteiger partial charge in [-0.25, -0.2) is 0 Å². The first-order valence-corrected chi connectivity index (χ1v) is 8.31. The van der Waals surface area contributed by atoms with Gasteiger partial charge in [0.2, 0.25) is 0 Å². The molecular formula is C16H30N2O. The van der Waals surface area contributed by atoms with E-state index in [0.29, 0.717) is 12.1 Å². The largest absolute Gasteiger partial charge is 0.374 e. The highest BCUT2D eigenvalue weighted by molar-refractivity contribution is 4.88. The summed E-state index contributed by atoms with van der Waals surface area (Å²) in [6.07, 6.45) is 7.27. The van der Waals surface area contributed by atoms with Gasteiger partial charge in [-0.3, -0.25) is 4.90 Å². The Morgan fingerprint density at radius 3 is 3.00 bits per heavy atom. The molecule has 0 aromatic carbocycles. The number of morpholine rings is 1. The average Bonchev–Trinajstić information content (AvgIpc) is 2.87. The first kappa shape index (κ1) is 13.8. The Morgan fingerprint density at radius 2 is 2.11 bits per heavy atom. The van der Waals surface area contributed by atoms with E-state index >= 15 is 0 Å². The predicted molar refractivity (Wildman–Crippen MR) is 78.3 cm³/mol. The molecule has 1 aliphatic carbocycles. The fourth-order valence-electron chi connectivity index (χ4n) is 4.11. The Balaban J connectivity index is 1.44. The molecule has 3 rings (SSSR count). The van der Waals surface area contributed by atoms with Gasteiger partial charge in [0.25, 0.3) is 0 Å². The number of nitrogens with zero attached hydrogens (tertiary/aromatic N) is 1. The van der Waals surface area contributed by atoms with Crippen LogP contribution >= 0.6 is 0 Å². The van der Waals surface area contributed by atoms with Crippen molar-refractivity contribution >= 4 is 0 Å². The van der Waals surface area contributed by atoms with Crippen LogP contribution < -0.4 is 5.32 Å². The van der Waals surface area contributed by atoms with Gasteiger partial charge < -0.3 is 10.1 Å². The smallest absolute Gasteiger partial charge is 0.0827 e. The van der Waals surface area contributed by atoms with E-state index in [1.807, 2.05) is 0 Å². The summed E-state index contributed by atoms with van der Waals surface area (Å²) in [4.78, 5) is 2.64. The third-order valence-electron chi connectivity index (χ3n) is 5.53. The fourth-order valence-corrected chi connectivity index (χ4v) is 4.11. The van der Waals surface area contributed by atoms with Crippen LogP contribution in [0.2, 0.25) is 0 Å². The second-order valence-electron chi connectivity index (χ2n) is 7.16. The molecule has 3 fully saturated rings. The third-order valence-corrected chi connectivity index (χ3v) is 5.53. The summed E-state index contributed by atoms with van der Waals surface area (Å²) in [5.74, 6) is 1.73. The Bertz CT molecular complexity index is 296. The van der Waals surface area contributed by atoms with E-state index in [-0.39, 0.29) is 0 Å². The molecule has 2 saturated heterocycles. The number of rotatable bonds is 3. The lowest BCUT2D eigenvalue weighted by Gasteiger charge is -2.38. The first-order valence-electron chi connectivity index (χ1n) is 8.31. The van der Waals surface area contributed by atoms with Crippen molar-refractivity contribution in [3.8, 4) is 0 Å². The van der Waals surface area contributed by atoms with Crippen LogP contribution in [0.4, 0.5) is 0 Å². The Labute approximate surface area is 118 Å². The number of ether oxygens (including phenoxy) is 1. The standard InChI is InChI=1S/C16H30N2O/c1-12-5-6-13(2)16(8-12)17-9-15-10-18-7-3-4-14(18)11-19-15/h12-17H,3-11H2,1-2H3. The van der Waals surface area contributed by atoms with Crippen LogP contribution in [0.3, 0.4) is 0 Å². The fraction of sp³-hybridized carbons (Fsp3) is 1.00. The molecule has 3 aliphatic rings. The van der Waals surface area contributed by atoms with Crippen molar-refractivity contribution in [1.82, 2.24) is 10.2 Å². The second kappa shape index (κ2) is 6.11. The van der Waals surface area contributed by atoms with Gasteiger partial charge in [-0.2, -0.15) is 0 Å². The topological polar surface area (TPSA) is 24.5 Å². The van der Waals surface area contributed by atoms with Crippen LogP contribution in [0, 0.1) is 11.8 Å². The van der Waals surface area contributed by atoms with Crippen LogP contribution in [0.1, 0.15) is 46.0 Å². The third kappa shape index (κ3) is 3.32. The molecule has 0 amide bonds. The van der Waals surface area contributed by atoms with E-state index in [1.165, 1.54) is 38.6 Å². The van der Waals surface area contributed by atoms with Crippen LogP contribution in [0.15, 0.2) is 0 Å². The molecule has 0 aromatic heterocycles. The van der Waals surface area contributed by atoms with Crippen molar-refractivity contribution in [3.63, 3.8) is 0 Å². The molecule has 2 aliphatic heterocycles. The second-order valence-corrected chi connectivity index (χ2v) is 7.16. The maximum absolute atomic E-state index is 6.04. The van der Waals surface area contributed by atoms with Gasteiger partial charge in [-0.15, -0.1) is 0 Å². The molecule has 110 valence electrons. The summed E-state index contributed by atoms with van der Waals surface area (Å²) in [6, 6.07) is 1.44. The lowest BCUT2D eigenvalue weighted by Crippen LogP contribution is -2.51. The molecule has 5 unspecified atom stereocenters. The SMILES string of the molecule is CC1CCC(C)C(NCC2CN3CCCC3CO2)C1. The summed E-state index contributed by atoms with van der Waals surface area (Å²) in [5, 5.41) is 3.80. The van der Waals surface area contributed by atoms with Gasteiger partial charge in [-0.05, 0) is 44.1 Å². The minimum Gasteiger partial charge on any atom is -0.374 e. The molecule has 3 nitrogen and oxygen atoms in total. The molecule has 0 bridgehead atoms. The lowest BCUT2D eigenvalue weighted by molar-refractivity contribution is -0.0490. The van der Waals surface area contributed by atoms with Crippen LogP contribution in [-0.4, -0.2) is 49.3 Å². The van der Waals surface area contributed by atoms with Crippen LogP contribution in [0.5, 0.6) is 0 Å². The number of hydrogen-bond acceptors (Lipinski definition) is 3. The van der Waals surface area contributed by atoms with Crippen molar-refractivity contribution in [2.24, 2.45) is 11.8 Å². The first-order chi connectivity index (χ1) is 9.22. The molecule has 1 N–H and O–H groups in total. The van der Waals surface area contributed by atoms with Gasteiger partial charge in [0.15, 0.2) is 0 Å². The van der Waals surface area contributed by atoms with Crippen LogP contribution in [0.25, 0.3) is 0 Å². The van der Waals surface area contributed by atoms with E-state index in [1.54, 1.807) is 0 Å². The Morgan fingerprint density at radius 1 is 1.21 bits per heavy atom. The minimum absolute atomic E-state index is 0.416. The van der Waals surface area contributed by atoms with Crippen molar-refractivity contribution in [3.05, 3.63) is 0 Å². The monoisotopic (exact) mass is 266 g/mol. The highest BCUT2D eigenvalue weighted by atomic mass is 16.5. The lowest BCUT2D eigenvalue weighted by atomic mass is 9.80. The summed E-state index contributed by atoms with van der Waals surface area (Å²) in [5.41, 5.74) is 0. The van der Waals surface area contributed by atoms with Crippen molar-refractivity contribution in [2.45, 2.75) is 64.1 Å². The molecule has 0 spiro atoms. The average molecular weight is 266 g/mol. The molecule has 19 heavy (non-hydrogen) atoms. The van der Waals surface area contributed by atoms with E-state index in [4.69, 9.17) is 4.74 Å². The van der Waals surface area contributed by atoms with Crippen molar-refractivity contribution < 1.29 is 4.74 Å². The van der Waals surface area contributed by atoms with Gasteiger partial charge >= 0.3 is 0 Å². The van der Waals surface area contributed by atoms with Gasteiger partial charge in [0, 0.05) is 25.2 Å². The van der Waals surface area contributed by atoms with E-state index in [2.05, 4.69) is 24.1 Å². The minimum atomic E-state index is 0.416. The Kier molecular flexibility index (Phi) is 4.45. The van der Waals surface area contributed by atoms with E-state index in [0.717, 1.165) is 37.6 Å². The molecule has 1 saturated carbocycles. The van der Waals surface area contributed by atoms with Gasteiger partial charge in [-0.1, -0.05) is 20.3 Å². The molecule has 3 heteroatoms. The van der Waals surface area contributed by atoms with Crippen molar-refractivity contribution in [1.29, 1.82) is 0 Å². The van der Waals surface area contributed by atoms with Gasteiger partial charge in [0.05, 0.1) is 12.7 Å². The highest BCUT2D eigenvalue weighted by Gasteiger charge is 2.33. The van der Waals surface area contributed by atoms with E-state index in [9.17, 15) is 0 Å². The summed E-state index contributed by atoms with van der Waals surface area (Å²) in [6.45, 7) is 9.25. The number of nitrogens with one attached hydrogen (secondary N) is 1. The van der Waals surface area contributed by atoms with E-state index < -0.39 is 0 Å². The number of hydrogen-bond donors (Lipinski definition) is 1. The summed E-state index contributed by atoms with van der Waals surface area (Å²) < 4.78 is 6.04. The van der Waals surface area contributed by atoms with Crippen molar-refractivity contribution in [2.75, 3.05) is 26.2 Å². The highest BCUT2D eigenvalue weighted by Crippen LogP contribution is 2.28. The predicted octanol–water partition coefficient (Wildman–Crippen LogP) is 2.26. The molecule has 5 atom stereocenters. The summed E-state index contributed by atoms with van der Waals surface area (Å²) in [7, 11) is 0. The molecule has 2 heterocycles. The normalized spacial score (nSPS) is 44.2. The maximum Gasteiger partial charge on any atom is 0.0827 e. The summed E-state index contributed by atoms with van der Waals surface area (Å²) >= 11 is 0. The maximum atomic E-state index is 6.04. The Hall–Kier alpha value is -0.120. The number of fused-ring (bicyclic) bond motifs is 1. The molecular weight excluding hydrogens is 236 g/mol. The van der Waals surface area contributed by atoms with Gasteiger partial charge in [0.1, 0.15) is 0 Å². The molecule has 0 aromatic rings. The molecule has 0 radical (unpaired) electrons. The zero-order chi connectivity index (χ0) is 13.2. The zero-order valence-corrected chi connectivity index (χ0v) is 12.6. The van der Waals surface area contributed by atoms with Crippen LogP contribution in [-0.2, 0) is 4.74 Å². The quantitative estimate of drug-likeness (QED) is 0.848.